The van der Waals surface area contributed by atoms with Crippen molar-refractivity contribution in [2.75, 3.05) is 0 Å². The van der Waals surface area contributed by atoms with Crippen molar-refractivity contribution in [2.24, 2.45) is 5.73 Å². The summed E-state index contributed by atoms with van der Waals surface area (Å²) in [5, 5.41) is 13.7. The molecule has 8 nitrogen and oxygen atoms in total. The number of carbonyl (C=O) groups excluding carboxylic acids is 1. The fourth-order valence-corrected chi connectivity index (χ4v) is 2.94. The van der Waals surface area contributed by atoms with Crippen LogP contribution in [0.4, 0.5) is 0 Å². The van der Waals surface area contributed by atoms with E-state index in [1.807, 2.05) is 0 Å². The molecule has 0 radical (unpaired) electrons. The van der Waals surface area contributed by atoms with E-state index < -0.39 is 5.91 Å². The molecule has 9 heteroatoms. The smallest absolute Gasteiger partial charge is 0.275 e. The van der Waals surface area contributed by atoms with Crippen LogP contribution in [0.15, 0.2) is 40.7 Å². The average Bonchev–Trinajstić information content (AvgIpc) is 2.99. The molecule has 26 heavy (non-hydrogen) atoms. The lowest BCUT2D eigenvalue weighted by atomic mass is 10.1. The first-order valence-electron chi connectivity index (χ1n) is 7.47. The first kappa shape index (κ1) is 17.3. The number of nitrogens with two attached hydrogens (primary N) is 1. The summed E-state index contributed by atoms with van der Waals surface area (Å²) in [7, 11) is 0. The number of hydrogen-bond donors (Lipinski definition) is 1. The van der Waals surface area contributed by atoms with E-state index in [1.165, 1.54) is 28.0 Å². The number of amides is 1. The van der Waals surface area contributed by atoms with E-state index >= 15 is 0 Å². The van der Waals surface area contributed by atoms with Gasteiger partial charge in [0.25, 0.3) is 11.5 Å². The monoisotopic (exact) mass is 367 g/mol. The van der Waals surface area contributed by atoms with Crippen LogP contribution in [0, 0.1) is 18.3 Å². The van der Waals surface area contributed by atoms with Crippen LogP contribution in [0.5, 0.6) is 5.75 Å². The first-order valence-corrected chi connectivity index (χ1v) is 8.29. The van der Waals surface area contributed by atoms with Crippen LogP contribution in [0.25, 0.3) is 11.0 Å². The third kappa shape index (κ3) is 3.76. The Hall–Kier alpha value is -3.51. The molecule has 0 bridgehead atoms. The van der Waals surface area contributed by atoms with Gasteiger partial charge in [-0.3, -0.25) is 9.59 Å². The average molecular weight is 367 g/mol. The Labute approximate surface area is 151 Å². The van der Waals surface area contributed by atoms with Gasteiger partial charge < -0.3 is 10.5 Å². The highest BCUT2D eigenvalue weighted by Gasteiger charge is 2.08. The fourth-order valence-electron chi connectivity index (χ4n) is 2.17. The summed E-state index contributed by atoms with van der Waals surface area (Å²) in [4.78, 5) is 27.9. The van der Waals surface area contributed by atoms with Crippen LogP contribution in [-0.2, 0) is 11.4 Å². The highest BCUT2D eigenvalue weighted by Crippen LogP contribution is 2.16. The van der Waals surface area contributed by atoms with Gasteiger partial charge in [-0.15, -0.1) is 0 Å². The topological polar surface area (TPSA) is 123 Å². The quantitative estimate of drug-likeness (QED) is 0.537. The van der Waals surface area contributed by atoms with E-state index in [2.05, 4.69) is 10.1 Å². The van der Waals surface area contributed by atoms with Crippen molar-refractivity contribution in [3.63, 3.8) is 0 Å². The van der Waals surface area contributed by atoms with E-state index in [1.54, 1.807) is 37.3 Å². The molecule has 0 aliphatic carbocycles. The molecule has 0 unspecified atom stereocenters. The van der Waals surface area contributed by atoms with Crippen LogP contribution in [0.3, 0.4) is 0 Å². The van der Waals surface area contributed by atoms with Crippen molar-refractivity contribution in [2.45, 2.75) is 13.5 Å². The zero-order chi connectivity index (χ0) is 18.7. The molecule has 3 aromatic rings. The van der Waals surface area contributed by atoms with E-state index in [4.69, 9.17) is 15.7 Å². The molecule has 0 saturated heterocycles. The third-order valence-corrected chi connectivity index (χ3v) is 4.19. The van der Waals surface area contributed by atoms with Crippen LogP contribution >= 0.6 is 11.3 Å². The number of aromatic nitrogens is 3. The predicted octanol–water partition coefficient (Wildman–Crippen LogP) is 1.43. The van der Waals surface area contributed by atoms with Gasteiger partial charge in [-0.1, -0.05) is 23.5 Å². The molecule has 2 N–H and O–H groups in total. The molecular formula is C17H13N5O3S. The van der Waals surface area contributed by atoms with E-state index in [0.717, 1.165) is 5.01 Å². The normalized spacial score (nSPS) is 11.3. The Morgan fingerprint density at radius 1 is 1.42 bits per heavy atom. The number of fused-ring (bicyclic) bond motifs is 1. The summed E-state index contributed by atoms with van der Waals surface area (Å²) >= 11 is 1.33. The molecule has 0 saturated carbocycles. The van der Waals surface area contributed by atoms with Gasteiger partial charge in [0.15, 0.2) is 0 Å². The van der Waals surface area contributed by atoms with Gasteiger partial charge >= 0.3 is 0 Å². The van der Waals surface area contributed by atoms with Gasteiger partial charge in [0.1, 0.15) is 29.0 Å². The van der Waals surface area contributed by atoms with Gasteiger partial charge in [0.2, 0.25) is 4.96 Å². The minimum Gasteiger partial charge on any atom is -0.487 e. The predicted molar refractivity (Wildman–Crippen MR) is 95.4 cm³/mol. The summed E-state index contributed by atoms with van der Waals surface area (Å²) in [5.41, 5.74) is 5.86. The summed E-state index contributed by atoms with van der Waals surface area (Å²) in [5.74, 6) is -0.221. The minimum absolute atomic E-state index is 0.128. The van der Waals surface area contributed by atoms with Gasteiger partial charge in [-0.25, -0.2) is 4.98 Å². The number of benzene rings is 1. The number of ether oxygens (including phenoxy) is 1. The van der Waals surface area contributed by atoms with Crippen LogP contribution in [0.2, 0.25) is 0 Å². The number of primary amides is 1. The Morgan fingerprint density at radius 2 is 2.15 bits per heavy atom. The Kier molecular flexibility index (Phi) is 4.77. The maximum absolute atomic E-state index is 12.0. The zero-order valence-electron chi connectivity index (χ0n) is 13.7. The molecule has 2 heterocycles. The summed E-state index contributed by atoms with van der Waals surface area (Å²) in [6, 6.07) is 9.87. The van der Waals surface area contributed by atoms with Crippen LogP contribution in [-0.4, -0.2) is 20.5 Å². The van der Waals surface area contributed by atoms with E-state index in [9.17, 15) is 9.59 Å². The highest BCUT2D eigenvalue weighted by molar-refractivity contribution is 7.16. The third-order valence-electron chi connectivity index (χ3n) is 3.36. The van der Waals surface area contributed by atoms with Gasteiger partial charge in [0, 0.05) is 6.07 Å². The van der Waals surface area contributed by atoms with E-state index in [0.29, 0.717) is 22.0 Å². The fraction of sp³-hybridized carbons (Fsp3) is 0.118. The van der Waals surface area contributed by atoms with Crippen molar-refractivity contribution < 1.29 is 9.53 Å². The largest absolute Gasteiger partial charge is 0.487 e. The molecule has 0 spiro atoms. The highest BCUT2D eigenvalue weighted by atomic mass is 32.1. The summed E-state index contributed by atoms with van der Waals surface area (Å²) in [6.45, 7) is 1.93. The maximum Gasteiger partial charge on any atom is 0.275 e. The number of nitriles is 1. The lowest BCUT2D eigenvalue weighted by molar-refractivity contribution is -0.114. The lowest BCUT2D eigenvalue weighted by Gasteiger charge is -2.06. The first-order chi connectivity index (χ1) is 12.5. The SMILES string of the molecule is Cc1nn2c(=O)cc(COc3ccc(C=C(C#N)C(N)=O)cc3)nc2s1. The minimum atomic E-state index is -0.779. The Morgan fingerprint density at radius 3 is 2.81 bits per heavy atom. The number of carbonyl (C=O) groups is 1. The molecule has 0 aliphatic rings. The standard InChI is InChI=1S/C17H13N5O3S/c1-10-21-22-15(23)7-13(20-17(22)26-10)9-25-14-4-2-11(3-5-14)6-12(8-18)16(19)24/h2-7H,9H2,1H3,(H2,19,24). The van der Waals surface area contributed by atoms with Gasteiger partial charge in [-0.05, 0) is 30.7 Å². The molecule has 130 valence electrons. The Balaban J connectivity index is 1.73. The van der Waals surface area contributed by atoms with Crippen molar-refractivity contribution in [3.8, 4) is 11.8 Å². The van der Waals surface area contributed by atoms with Gasteiger partial charge in [-0.2, -0.15) is 14.9 Å². The molecule has 2 aromatic heterocycles. The maximum atomic E-state index is 12.0. The lowest BCUT2D eigenvalue weighted by Crippen LogP contribution is -2.16. The molecular weight excluding hydrogens is 354 g/mol. The van der Waals surface area contributed by atoms with Crippen molar-refractivity contribution in [3.05, 3.63) is 62.5 Å². The zero-order valence-corrected chi connectivity index (χ0v) is 14.5. The number of hydrogen-bond acceptors (Lipinski definition) is 7. The number of rotatable bonds is 5. The van der Waals surface area contributed by atoms with E-state index in [-0.39, 0.29) is 17.7 Å². The van der Waals surface area contributed by atoms with Gasteiger partial charge in [0.05, 0.1) is 5.69 Å². The van der Waals surface area contributed by atoms with Crippen molar-refractivity contribution in [1.82, 2.24) is 14.6 Å². The van der Waals surface area contributed by atoms with Crippen molar-refractivity contribution >= 4 is 28.3 Å². The molecule has 1 amide bonds. The number of aryl methyl sites for hydroxylation is 1. The summed E-state index contributed by atoms with van der Waals surface area (Å²) in [6.07, 6.45) is 1.40. The number of nitrogens with zero attached hydrogens (tertiary/aromatic N) is 4. The molecule has 0 aliphatic heterocycles. The summed E-state index contributed by atoms with van der Waals surface area (Å²) < 4.78 is 6.89. The molecule has 3 rings (SSSR count). The second kappa shape index (κ2) is 7.16. The molecule has 1 aromatic carbocycles. The van der Waals surface area contributed by atoms with Crippen molar-refractivity contribution in [1.29, 1.82) is 5.26 Å². The molecule has 0 fully saturated rings. The second-order valence-electron chi connectivity index (χ2n) is 5.29. The Bertz CT molecular complexity index is 1110. The van der Waals surface area contributed by atoms with Crippen LogP contribution < -0.4 is 16.0 Å². The van der Waals surface area contributed by atoms with Crippen LogP contribution in [0.1, 0.15) is 16.3 Å². The molecule has 0 atom stereocenters. The second-order valence-corrected chi connectivity index (χ2v) is 6.45.